The molecule has 1 amide bonds. The molecule has 1 fully saturated rings. The monoisotopic (exact) mass is 419 g/mol. The van der Waals surface area contributed by atoms with Crippen LogP contribution in [0.25, 0.3) is 0 Å². The fourth-order valence-corrected chi connectivity index (χ4v) is 3.03. The molecule has 0 bridgehead atoms. The van der Waals surface area contributed by atoms with Crippen LogP contribution in [0.5, 0.6) is 5.75 Å². The van der Waals surface area contributed by atoms with Gasteiger partial charge in [0.2, 0.25) is 0 Å². The summed E-state index contributed by atoms with van der Waals surface area (Å²) < 4.78 is 50.5. The number of amides is 1. The van der Waals surface area contributed by atoms with Gasteiger partial charge < -0.3 is 19.7 Å². The standard InChI is InChI=1S/C21H20F3N3O3/c1-14(30-19-5-3-2-4-15(19)13-25)20(28)26-17-12-16(21(22,23)24)6-7-18(17)27-8-10-29-11-9-27/h2-7,12,14H,8-11H2,1H3,(H,26,28)/t14-/m0/s1. The topological polar surface area (TPSA) is 74.6 Å². The van der Waals surface area contributed by atoms with Gasteiger partial charge in [0.25, 0.3) is 5.91 Å². The molecule has 2 aromatic carbocycles. The SMILES string of the molecule is C[C@H](Oc1ccccc1C#N)C(=O)Nc1cc(C(F)(F)F)ccc1N1CCOCC1. The number of hydrogen-bond donors (Lipinski definition) is 1. The first-order chi connectivity index (χ1) is 14.3. The predicted molar refractivity (Wildman–Crippen MR) is 104 cm³/mol. The number of carbonyl (C=O) groups excluding carboxylic acids is 1. The number of benzene rings is 2. The van der Waals surface area contributed by atoms with E-state index in [1.165, 1.54) is 13.0 Å². The lowest BCUT2D eigenvalue weighted by molar-refractivity contribution is -0.137. The van der Waals surface area contributed by atoms with E-state index >= 15 is 0 Å². The van der Waals surface area contributed by atoms with Crippen LogP contribution >= 0.6 is 0 Å². The van der Waals surface area contributed by atoms with E-state index in [1.807, 2.05) is 11.0 Å². The molecule has 2 aromatic rings. The van der Waals surface area contributed by atoms with Gasteiger partial charge in [-0.15, -0.1) is 0 Å². The maximum absolute atomic E-state index is 13.2. The highest BCUT2D eigenvalue weighted by Crippen LogP contribution is 2.36. The first-order valence-electron chi connectivity index (χ1n) is 9.30. The second kappa shape index (κ2) is 9.05. The lowest BCUT2D eigenvalue weighted by atomic mass is 10.1. The average Bonchev–Trinajstić information content (AvgIpc) is 2.74. The number of nitriles is 1. The normalized spacial score (nSPS) is 15.2. The van der Waals surface area contributed by atoms with Gasteiger partial charge in [-0.25, -0.2) is 0 Å². The van der Waals surface area contributed by atoms with Crippen LogP contribution < -0.4 is 15.0 Å². The summed E-state index contributed by atoms with van der Waals surface area (Å²) >= 11 is 0. The van der Waals surface area contributed by atoms with Crippen molar-refractivity contribution < 1.29 is 27.4 Å². The minimum absolute atomic E-state index is 0.0424. The molecule has 1 saturated heterocycles. The molecule has 1 heterocycles. The van der Waals surface area contributed by atoms with Gasteiger partial charge in [-0.3, -0.25) is 4.79 Å². The molecular weight excluding hydrogens is 399 g/mol. The van der Waals surface area contributed by atoms with Crippen LogP contribution in [0.1, 0.15) is 18.1 Å². The molecule has 30 heavy (non-hydrogen) atoms. The molecular formula is C21H20F3N3O3. The number of hydrogen-bond acceptors (Lipinski definition) is 5. The van der Waals surface area contributed by atoms with Crippen molar-refractivity contribution in [3.8, 4) is 11.8 Å². The summed E-state index contributed by atoms with van der Waals surface area (Å²) in [6.45, 7) is 3.34. The number of morpholine rings is 1. The Morgan fingerprint density at radius 1 is 1.23 bits per heavy atom. The van der Waals surface area contributed by atoms with Crippen molar-refractivity contribution in [1.29, 1.82) is 5.26 Å². The van der Waals surface area contributed by atoms with Crippen LogP contribution in [0.4, 0.5) is 24.5 Å². The molecule has 0 saturated carbocycles. The lowest BCUT2D eigenvalue weighted by Crippen LogP contribution is -2.37. The van der Waals surface area contributed by atoms with Crippen LogP contribution in [-0.4, -0.2) is 38.3 Å². The number of rotatable bonds is 5. The van der Waals surface area contributed by atoms with Crippen LogP contribution in [0.2, 0.25) is 0 Å². The van der Waals surface area contributed by atoms with E-state index in [1.54, 1.807) is 24.3 Å². The maximum Gasteiger partial charge on any atom is 0.416 e. The number of anilines is 2. The molecule has 1 atom stereocenters. The number of halogens is 3. The van der Waals surface area contributed by atoms with E-state index in [2.05, 4.69) is 5.32 Å². The van der Waals surface area contributed by atoms with Crippen LogP contribution in [0.15, 0.2) is 42.5 Å². The van der Waals surface area contributed by atoms with Crippen molar-refractivity contribution in [2.75, 3.05) is 36.5 Å². The Morgan fingerprint density at radius 2 is 1.93 bits per heavy atom. The number of alkyl halides is 3. The molecule has 0 aliphatic carbocycles. The van der Waals surface area contributed by atoms with Gasteiger partial charge >= 0.3 is 6.18 Å². The highest BCUT2D eigenvalue weighted by molar-refractivity contribution is 5.97. The smallest absolute Gasteiger partial charge is 0.416 e. The molecule has 1 aliphatic heterocycles. The fourth-order valence-electron chi connectivity index (χ4n) is 3.03. The van der Waals surface area contributed by atoms with E-state index in [9.17, 15) is 18.0 Å². The number of para-hydroxylation sites is 1. The molecule has 0 unspecified atom stereocenters. The molecule has 0 aromatic heterocycles. The van der Waals surface area contributed by atoms with Gasteiger partial charge in [-0.05, 0) is 37.3 Å². The van der Waals surface area contributed by atoms with Crippen molar-refractivity contribution in [3.63, 3.8) is 0 Å². The van der Waals surface area contributed by atoms with Crippen molar-refractivity contribution in [2.24, 2.45) is 0 Å². The zero-order chi connectivity index (χ0) is 21.7. The zero-order valence-electron chi connectivity index (χ0n) is 16.2. The Kier molecular flexibility index (Phi) is 6.47. The third-order valence-corrected chi connectivity index (χ3v) is 4.61. The molecule has 6 nitrogen and oxygen atoms in total. The average molecular weight is 419 g/mol. The number of ether oxygens (including phenoxy) is 2. The summed E-state index contributed by atoms with van der Waals surface area (Å²) in [4.78, 5) is 14.5. The largest absolute Gasteiger partial charge is 0.480 e. The van der Waals surface area contributed by atoms with Crippen molar-refractivity contribution in [1.82, 2.24) is 0 Å². The van der Waals surface area contributed by atoms with Crippen LogP contribution in [0.3, 0.4) is 0 Å². The summed E-state index contributed by atoms with van der Waals surface area (Å²) in [5.74, 6) is -0.406. The summed E-state index contributed by atoms with van der Waals surface area (Å²) in [7, 11) is 0. The second-order valence-electron chi connectivity index (χ2n) is 6.69. The Labute approximate surface area is 171 Å². The third kappa shape index (κ3) is 5.02. The van der Waals surface area contributed by atoms with Crippen molar-refractivity contribution >= 4 is 17.3 Å². The highest BCUT2D eigenvalue weighted by Gasteiger charge is 2.32. The van der Waals surface area contributed by atoms with E-state index in [0.717, 1.165) is 12.1 Å². The molecule has 0 spiro atoms. The third-order valence-electron chi connectivity index (χ3n) is 4.61. The molecule has 1 N–H and O–H groups in total. The van der Waals surface area contributed by atoms with Gasteiger partial charge in [0.05, 0.1) is 35.7 Å². The minimum Gasteiger partial charge on any atom is -0.480 e. The first-order valence-corrected chi connectivity index (χ1v) is 9.30. The highest BCUT2D eigenvalue weighted by atomic mass is 19.4. The van der Waals surface area contributed by atoms with Gasteiger partial charge in [0.1, 0.15) is 11.8 Å². The summed E-state index contributed by atoms with van der Waals surface area (Å²) in [6.07, 6.45) is -5.58. The number of nitrogens with one attached hydrogen (secondary N) is 1. The van der Waals surface area contributed by atoms with E-state index in [4.69, 9.17) is 14.7 Å². The Bertz CT molecular complexity index is 950. The van der Waals surface area contributed by atoms with Crippen LogP contribution in [0, 0.1) is 11.3 Å². The Morgan fingerprint density at radius 3 is 2.60 bits per heavy atom. The lowest BCUT2D eigenvalue weighted by Gasteiger charge is -2.31. The predicted octanol–water partition coefficient (Wildman–Crippen LogP) is 3.82. The van der Waals surface area contributed by atoms with Crippen molar-refractivity contribution in [2.45, 2.75) is 19.2 Å². The van der Waals surface area contributed by atoms with Gasteiger partial charge in [0, 0.05) is 13.1 Å². The van der Waals surface area contributed by atoms with Gasteiger partial charge in [-0.1, -0.05) is 12.1 Å². The fraction of sp³-hybridized carbons (Fsp3) is 0.333. The van der Waals surface area contributed by atoms with E-state index in [0.29, 0.717) is 32.0 Å². The van der Waals surface area contributed by atoms with Crippen molar-refractivity contribution in [3.05, 3.63) is 53.6 Å². The molecule has 1 aliphatic rings. The quantitative estimate of drug-likeness (QED) is 0.798. The van der Waals surface area contributed by atoms with Gasteiger partial charge in [0.15, 0.2) is 6.10 Å². The van der Waals surface area contributed by atoms with E-state index < -0.39 is 23.8 Å². The summed E-state index contributed by atoms with van der Waals surface area (Å²) in [5, 5.41) is 11.7. The second-order valence-corrected chi connectivity index (χ2v) is 6.69. The van der Waals surface area contributed by atoms with Crippen LogP contribution in [-0.2, 0) is 15.7 Å². The van der Waals surface area contributed by atoms with E-state index in [-0.39, 0.29) is 17.0 Å². The number of nitrogens with zero attached hydrogens (tertiary/aromatic N) is 2. The molecule has 158 valence electrons. The molecule has 0 radical (unpaired) electrons. The molecule has 3 rings (SSSR count). The number of carbonyl (C=O) groups is 1. The van der Waals surface area contributed by atoms with Gasteiger partial charge in [-0.2, -0.15) is 18.4 Å². The molecule has 9 heteroatoms. The first kappa shape index (κ1) is 21.5. The Hall–Kier alpha value is -3.25. The summed E-state index contributed by atoms with van der Waals surface area (Å²) in [5.41, 5.74) is -0.0894. The Balaban J connectivity index is 1.83. The maximum atomic E-state index is 13.2. The summed E-state index contributed by atoms with van der Waals surface area (Å²) in [6, 6.07) is 11.6. The minimum atomic E-state index is -4.54. The zero-order valence-corrected chi connectivity index (χ0v) is 16.2.